The van der Waals surface area contributed by atoms with Crippen LogP contribution in [0.2, 0.25) is 0 Å². The maximum atomic E-state index is 12.7. The van der Waals surface area contributed by atoms with Crippen LogP contribution in [0.5, 0.6) is 5.75 Å². The molecule has 0 bridgehead atoms. The molecule has 26 heavy (non-hydrogen) atoms. The summed E-state index contributed by atoms with van der Waals surface area (Å²) in [5.74, 6) is 0.293. The molecule has 3 rings (SSSR count). The Balaban J connectivity index is 0.00000243. The van der Waals surface area contributed by atoms with Crippen molar-refractivity contribution in [2.45, 2.75) is 25.3 Å². The van der Waals surface area contributed by atoms with Crippen molar-refractivity contribution in [3.63, 3.8) is 0 Å². The normalized spacial score (nSPS) is 16.5. The maximum Gasteiger partial charge on any atom is 0.290 e. The van der Waals surface area contributed by atoms with Gasteiger partial charge in [-0.25, -0.2) is 0 Å². The van der Waals surface area contributed by atoms with E-state index in [0.717, 1.165) is 12.8 Å². The van der Waals surface area contributed by atoms with E-state index in [9.17, 15) is 9.59 Å². The van der Waals surface area contributed by atoms with E-state index in [0.29, 0.717) is 30.1 Å². The van der Waals surface area contributed by atoms with Crippen LogP contribution in [0.3, 0.4) is 0 Å². The molecule has 1 aromatic heterocycles. The van der Waals surface area contributed by atoms with Gasteiger partial charge >= 0.3 is 0 Å². The molecule has 0 aliphatic carbocycles. The Morgan fingerprint density at radius 3 is 2.77 bits per heavy atom. The van der Waals surface area contributed by atoms with Gasteiger partial charge in [-0.3, -0.25) is 9.59 Å². The number of nitrogen functional groups attached to an aromatic ring is 1. The monoisotopic (exact) mass is 379 g/mol. The summed E-state index contributed by atoms with van der Waals surface area (Å²) in [5, 5.41) is 2.83. The number of hydrogen-bond acceptors (Lipinski definition) is 5. The fourth-order valence-corrected chi connectivity index (χ4v) is 3.03. The molecule has 0 radical (unpaired) electrons. The summed E-state index contributed by atoms with van der Waals surface area (Å²) >= 11 is 0. The Morgan fingerprint density at radius 1 is 1.31 bits per heavy atom. The number of ether oxygens (including phenoxy) is 1. The van der Waals surface area contributed by atoms with Gasteiger partial charge in [-0.05, 0) is 49.6 Å². The molecule has 3 N–H and O–H groups in total. The topological polar surface area (TPSA) is 97.8 Å². The summed E-state index contributed by atoms with van der Waals surface area (Å²) < 4.78 is 10.3. The Hall–Kier alpha value is -2.67. The molecular formula is C18H22ClN3O4. The maximum absolute atomic E-state index is 12.7. The number of benzene rings is 1. The van der Waals surface area contributed by atoms with Crippen molar-refractivity contribution < 1.29 is 18.7 Å². The zero-order valence-electron chi connectivity index (χ0n) is 14.4. The van der Waals surface area contributed by atoms with Crippen LogP contribution >= 0.6 is 12.4 Å². The number of amides is 2. The van der Waals surface area contributed by atoms with Gasteiger partial charge in [0.1, 0.15) is 11.8 Å². The van der Waals surface area contributed by atoms with Crippen molar-refractivity contribution in [2.75, 3.05) is 24.7 Å². The Morgan fingerprint density at radius 2 is 2.12 bits per heavy atom. The number of halogens is 1. The van der Waals surface area contributed by atoms with Crippen LogP contribution in [0, 0.1) is 0 Å². The van der Waals surface area contributed by atoms with Gasteiger partial charge in [0.25, 0.3) is 5.91 Å². The second-order valence-electron chi connectivity index (χ2n) is 5.93. The molecule has 1 atom stereocenters. The van der Waals surface area contributed by atoms with E-state index in [1.807, 2.05) is 0 Å². The molecule has 1 aliphatic rings. The lowest BCUT2D eigenvalue weighted by molar-refractivity contribution is -0.121. The highest BCUT2D eigenvalue weighted by Gasteiger charge is 2.33. The van der Waals surface area contributed by atoms with Gasteiger partial charge in [0.05, 0.1) is 19.1 Å². The number of piperidine rings is 1. The molecular weight excluding hydrogens is 358 g/mol. The number of nitrogens with one attached hydrogen (secondary N) is 1. The van der Waals surface area contributed by atoms with E-state index in [-0.39, 0.29) is 30.0 Å². The second kappa shape index (κ2) is 8.62. The first kappa shape index (κ1) is 19.7. The van der Waals surface area contributed by atoms with Crippen molar-refractivity contribution >= 4 is 35.6 Å². The van der Waals surface area contributed by atoms with Crippen molar-refractivity contribution in [2.24, 2.45) is 0 Å². The van der Waals surface area contributed by atoms with Crippen LogP contribution in [0.15, 0.2) is 41.0 Å². The molecule has 2 amide bonds. The number of rotatable bonds is 4. The van der Waals surface area contributed by atoms with Gasteiger partial charge in [-0.2, -0.15) is 0 Å². The number of furan rings is 1. The van der Waals surface area contributed by atoms with E-state index >= 15 is 0 Å². The minimum Gasteiger partial charge on any atom is -0.495 e. The Kier molecular flexibility index (Phi) is 6.52. The van der Waals surface area contributed by atoms with E-state index in [2.05, 4.69) is 5.32 Å². The first-order chi connectivity index (χ1) is 12.1. The van der Waals surface area contributed by atoms with Crippen LogP contribution in [-0.2, 0) is 4.79 Å². The van der Waals surface area contributed by atoms with Gasteiger partial charge in [-0.15, -0.1) is 12.4 Å². The number of carbonyl (C=O) groups excluding carboxylic acids is 2. The third-order valence-electron chi connectivity index (χ3n) is 4.30. The molecule has 1 fully saturated rings. The summed E-state index contributed by atoms with van der Waals surface area (Å²) in [4.78, 5) is 26.9. The molecule has 0 spiro atoms. The fourth-order valence-electron chi connectivity index (χ4n) is 3.03. The number of hydrogen-bond donors (Lipinski definition) is 2. The lowest BCUT2D eigenvalue weighted by Crippen LogP contribution is -2.49. The zero-order valence-corrected chi connectivity index (χ0v) is 15.3. The first-order valence-corrected chi connectivity index (χ1v) is 8.19. The largest absolute Gasteiger partial charge is 0.495 e. The first-order valence-electron chi connectivity index (χ1n) is 8.19. The summed E-state index contributed by atoms with van der Waals surface area (Å²) in [7, 11) is 1.53. The lowest BCUT2D eigenvalue weighted by Gasteiger charge is -2.34. The molecule has 0 saturated carbocycles. The molecule has 1 saturated heterocycles. The third-order valence-corrected chi connectivity index (χ3v) is 4.30. The zero-order chi connectivity index (χ0) is 17.8. The molecule has 7 nitrogen and oxygen atoms in total. The molecule has 8 heteroatoms. The van der Waals surface area contributed by atoms with Crippen molar-refractivity contribution in [3.8, 4) is 5.75 Å². The number of anilines is 2. The molecule has 140 valence electrons. The van der Waals surface area contributed by atoms with Crippen LogP contribution < -0.4 is 15.8 Å². The molecule has 2 heterocycles. The summed E-state index contributed by atoms with van der Waals surface area (Å²) in [5.41, 5.74) is 6.88. The summed E-state index contributed by atoms with van der Waals surface area (Å²) in [6, 6.07) is 7.78. The van der Waals surface area contributed by atoms with E-state index < -0.39 is 6.04 Å². The standard InChI is InChI=1S/C18H21N3O4.ClH/c1-24-15-8-7-12(11-13(15)19)20-17(22)14-5-2-3-9-21(14)18(23)16-6-4-10-25-16;/h4,6-8,10-11,14H,2-3,5,9,19H2,1H3,(H,20,22);1H. The van der Waals surface area contributed by atoms with Gasteiger partial charge in [0, 0.05) is 12.2 Å². The highest BCUT2D eigenvalue weighted by molar-refractivity contribution is 6.00. The van der Waals surface area contributed by atoms with Crippen molar-refractivity contribution in [1.29, 1.82) is 0 Å². The number of likely N-dealkylation sites (tertiary alicyclic amines) is 1. The van der Waals surface area contributed by atoms with Gasteiger partial charge in [-0.1, -0.05) is 0 Å². The number of nitrogens with two attached hydrogens (primary N) is 1. The number of nitrogens with zero attached hydrogens (tertiary/aromatic N) is 1. The lowest BCUT2D eigenvalue weighted by atomic mass is 10.0. The molecule has 1 unspecified atom stereocenters. The molecule has 1 aromatic carbocycles. The third kappa shape index (κ3) is 4.11. The van der Waals surface area contributed by atoms with Gasteiger partial charge in [0.15, 0.2) is 5.76 Å². The summed E-state index contributed by atoms with van der Waals surface area (Å²) in [6.45, 7) is 0.530. The minimum atomic E-state index is -0.533. The molecule has 2 aromatic rings. The smallest absolute Gasteiger partial charge is 0.290 e. The van der Waals surface area contributed by atoms with Crippen LogP contribution in [-0.4, -0.2) is 36.4 Å². The summed E-state index contributed by atoms with van der Waals surface area (Å²) in [6.07, 6.45) is 3.83. The SMILES string of the molecule is COc1ccc(NC(=O)C2CCCCN2C(=O)c2ccco2)cc1N.Cl. The Bertz CT molecular complexity index is 764. The average molecular weight is 380 g/mol. The van der Waals surface area contributed by atoms with E-state index in [1.165, 1.54) is 13.4 Å². The van der Waals surface area contributed by atoms with E-state index in [4.69, 9.17) is 14.9 Å². The fraction of sp³-hybridized carbons (Fsp3) is 0.333. The van der Waals surface area contributed by atoms with Crippen LogP contribution in [0.4, 0.5) is 11.4 Å². The second-order valence-corrected chi connectivity index (χ2v) is 5.93. The van der Waals surface area contributed by atoms with E-state index in [1.54, 1.807) is 35.2 Å². The quantitative estimate of drug-likeness (QED) is 0.796. The van der Waals surface area contributed by atoms with Gasteiger partial charge in [0.2, 0.25) is 5.91 Å². The van der Waals surface area contributed by atoms with Gasteiger partial charge < -0.3 is 25.1 Å². The van der Waals surface area contributed by atoms with Crippen LogP contribution in [0.25, 0.3) is 0 Å². The predicted octanol–water partition coefficient (Wildman–Crippen LogP) is 2.93. The highest BCUT2D eigenvalue weighted by atomic mass is 35.5. The van der Waals surface area contributed by atoms with Crippen molar-refractivity contribution in [3.05, 3.63) is 42.4 Å². The highest BCUT2D eigenvalue weighted by Crippen LogP contribution is 2.26. The molecule has 1 aliphatic heterocycles. The predicted molar refractivity (Wildman–Crippen MR) is 101 cm³/mol. The van der Waals surface area contributed by atoms with Crippen molar-refractivity contribution in [1.82, 2.24) is 4.90 Å². The average Bonchev–Trinajstić information content (AvgIpc) is 3.16. The van der Waals surface area contributed by atoms with Crippen LogP contribution in [0.1, 0.15) is 29.8 Å². The number of carbonyl (C=O) groups is 2. The number of methoxy groups -OCH3 is 1. The minimum absolute atomic E-state index is 0. The Labute approximate surface area is 157 Å².